The largest absolute Gasteiger partial charge is 0.454 e. The molecule has 2 aromatic rings. The molecule has 0 atom stereocenters. The lowest BCUT2D eigenvalue weighted by Gasteiger charge is -2.07. The van der Waals surface area contributed by atoms with Crippen LogP contribution in [0.2, 0.25) is 5.02 Å². The fourth-order valence-corrected chi connectivity index (χ4v) is 2.09. The van der Waals surface area contributed by atoms with Gasteiger partial charge in [-0.2, -0.15) is 13.2 Å². The van der Waals surface area contributed by atoms with Crippen LogP contribution in [0.15, 0.2) is 41.4 Å². The van der Waals surface area contributed by atoms with E-state index >= 15 is 0 Å². The van der Waals surface area contributed by atoms with Gasteiger partial charge in [0, 0.05) is 6.21 Å². The van der Waals surface area contributed by atoms with E-state index in [4.69, 9.17) is 21.1 Å². The molecule has 0 spiro atoms. The van der Waals surface area contributed by atoms with Crippen LogP contribution < -0.4 is 9.47 Å². The zero-order valence-corrected chi connectivity index (χ0v) is 11.8. The van der Waals surface area contributed by atoms with E-state index in [0.29, 0.717) is 17.1 Å². The van der Waals surface area contributed by atoms with Crippen LogP contribution in [-0.2, 0) is 6.18 Å². The molecule has 22 heavy (non-hydrogen) atoms. The molecule has 1 heterocycles. The van der Waals surface area contributed by atoms with Crippen molar-refractivity contribution >= 4 is 23.5 Å². The normalized spacial score (nSPS) is 13.8. The van der Waals surface area contributed by atoms with Gasteiger partial charge in [0.05, 0.1) is 16.3 Å². The quantitative estimate of drug-likeness (QED) is 0.739. The molecule has 0 radical (unpaired) electrons. The number of hydrogen-bond donors (Lipinski definition) is 0. The van der Waals surface area contributed by atoms with Gasteiger partial charge < -0.3 is 9.47 Å². The first-order valence-electron chi connectivity index (χ1n) is 6.24. The first-order chi connectivity index (χ1) is 10.4. The average Bonchev–Trinajstić information content (AvgIpc) is 2.92. The Kier molecular flexibility index (Phi) is 3.70. The molecule has 1 aliphatic heterocycles. The number of fused-ring (bicyclic) bond motifs is 1. The molecule has 7 heteroatoms. The molecular weight excluding hydrogens is 319 g/mol. The van der Waals surface area contributed by atoms with Gasteiger partial charge in [0.2, 0.25) is 6.79 Å². The number of benzene rings is 2. The summed E-state index contributed by atoms with van der Waals surface area (Å²) in [6.45, 7) is 0.148. The Morgan fingerprint density at radius 1 is 1.05 bits per heavy atom. The molecule has 0 saturated heterocycles. The lowest BCUT2D eigenvalue weighted by molar-refractivity contribution is -0.137. The first kappa shape index (κ1) is 14.7. The molecule has 3 nitrogen and oxygen atoms in total. The molecule has 114 valence electrons. The molecule has 3 rings (SSSR count). The molecule has 0 bridgehead atoms. The third kappa shape index (κ3) is 3.01. The Morgan fingerprint density at radius 2 is 1.82 bits per heavy atom. The fourth-order valence-electron chi connectivity index (χ4n) is 1.93. The number of rotatable bonds is 2. The minimum atomic E-state index is -4.44. The molecular formula is C15H9ClF3NO2. The number of aliphatic imine (C=N–C) groups is 1. The molecule has 0 fully saturated rings. The molecule has 0 amide bonds. The van der Waals surface area contributed by atoms with Gasteiger partial charge in [-0.3, -0.25) is 4.99 Å². The molecule has 0 aromatic heterocycles. The minimum absolute atomic E-state index is 0.0501. The number of alkyl halides is 3. The maximum Gasteiger partial charge on any atom is 0.416 e. The number of ether oxygens (including phenoxy) is 2. The lowest BCUT2D eigenvalue weighted by atomic mass is 10.2. The van der Waals surface area contributed by atoms with Crippen molar-refractivity contribution in [3.8, 4) is 11.5 Å². The highest BCUT2D eigenvalue weighted by molar-refractivity contribution is 6.33. The SMILES string of the molecule is FC(F)(F)c1ccc(Cl)c(N=Cc2ccc3c(c2)OCO3)c1. The van der Waals surface area contributed by atoms with Crippen LogP contribution in [0.4, 0.5) is 18.9 Å². The Morgan fingerprint density at radius 3 is 2.59 bits per heavy atom. The Hall–Kier alpha value is -2.21. The highest BCUT2D eigenvalue weighted by Gasteiger charge is 2.30. The van der Waals surface area contributed by atoms with Crippen molar-refractivity contribution in [1.82, 2.24) is 0 Å². The topological polar surface area (TPSA) is 30.8 Å². The van der Waals surface area contributed by atoms with Crippen LogP contribution in [-0.4, -0.2) is 13.0 Å². The zero-order valence-electron chi connectivity index (χ0n) is 11.0. The van der Waals surface area contributed by atoms with Crippen molar-refractivity contribution in [3.05, 3.63) is 52.5 Å². The number of halogens is 4. The van der Waals surface area contributed by atoms with E-state index in [1.54, 1.807) is 18.2 Å². The summed E-state index contributed by atoms with van der Waals surface area (Å²) >= 11 is 5.88. The molecule has 2 aromatic carbocycles. The van der Waals surface area contributed by atoms with Crippen molar-refractivity contribution in [2.75, 3.05) is 6.79 Å². The summed E-state index contributed by atoms with van der Waals surface area (Å²) in [5.41, 5.74) is -0.0818. The van der Waals surface area contributed by atoms with Crippen LogP contribution >= 0.6 is 11.6 Å². The van der Waals surface area contributed by atoms with E-state index in [2.05, 4.69) is 4.99 Å². The van der Waals surface area contributed by atoms with Gasteiger partial charge in [-0.1, -0.05) is 11.6 Å². The van der Waals surface area contributed by atoms with Crippen molar-refractivity contribution in [2.24, 2.45) is 4.99 Å². The Bertz CT molecular complexity index is 744. The highest BCUT2D eigenvalue weighted by Crippen LogP contribution is 2.35. The number of hydrogen-bond acceptors (Lipinski definition) is 3. The van der Waals surface area contributed by atoms with E-state index in [1.165, 1.54) is 12.3 Å². The maximum absolute atomic E-state index is 12.7. The third-order valence-corrected chi connectivity index (χ3v) is 3.34. The van der Waals surface area contributed by atoms with E-state index in [-0.39, 0.29) is 17.5 Å². The molecule has 0 saturated carbocycles. The standard InChI is InChI=1S/C15H9ClF3NO2/c16-11-3-2-10(15(17,18)19)6-12(11)20-7-9-1-4-13-14(5-9)22-8-21-13/h1-7H,8H2. The minimum Gasteiger partial charge on any atom is -0.454 e. The first-order valence-corrected chi connectivity index (χ1v) is 6.62. The summed E-state index contributed by atoms with van der Waals surface area (Å²) < 4.78 is 48.5. The predicted molar refractivity (Wildman–Crippen MR) is 76.3 cm³/mol. The summed E-state index contributed by atoms with van der Waals surface area (Å²) in [6.07, 6.45) is -3.02. The molecule has 1 aliphatic rings. The third-order valence-electron chi connectivity index (χ3n) is 3.02. The second-order valence-corrected chi connectivity index (χ2v) is 4.94. The summed E-state index contributed by atoms with van der Waals surface area (Å²) in [7, 11) is 0. The van der Waals surface area contributed by atoms with Crippen molar-refractivity contribution in [2.45, 2.75) is 6.18 Å². The van der Waals surface area contributed by atoms with E-state index in [1.807, 2.05) is 0 Å². The molecule has 0 N–H and O–H groups in total. The van der Waals surface area contributed by atoms with E-state index in [9.17, 15) is 13.2 Å². The Labute approximate surface area is 128 Å². The van der Waals surface area contributed by atoms with Gasteiger partial charge >= 0.3 is 6.18 Å². The van der Waals surface area contributed by atoms with Crippen molar-refractivity contribution in [1.29, 1.82) is 0 Å². The van der Waals surface area contributed by atoms with Gasteiger partial charge in [0.1, 0.15) is 0 Å². The van der Waals surface area contributed by atoms with Crippen LogP contribution in [0.5, 0.6) is 11.5 Å². The lowest BCUT2D eigenvalue weighted by Crippen LogP contribution is -2.04. The van der Waals surface area contributed by atoms with Gasteiger partial charge in [-0.25, -0.2) is 0 Å². The van der Waals surface area contributed by atoms with Gasteiger partial charge in [0.15, 0.2) is 11.5 Å². The van der Waals surface area contributed by atoms with Crippen LogP contribution in [0, 0.1) is 0 Å². The predicted octanol–water partition coefficient (Wildman–Crippen LogP) is 4.84. The van der Waals surface area contributed by atoms with Gasteiger partial charge in [-0.05, 0) is 42.0 Å². The smallest absolute Gasteiger partial charge is 0.416 e. The van der Waals surface area contributed by atoms with Crippen LogP contribution in [0.1, 0.15) is 11.1 Å². The van der Waals surface area contributed by atoms with Crippen LogP contribution in [0.25, 0.3) is 0 Å². The van der Waals surface area contributed by atoms with Gasteiger partial charge in [0.25, 0.3) is 0 Å². The van der Waals surface area contributed by atoms with Gasteiger partial charge in [-0.15, -0.1) is 0 Å². The van der Waals surface area contributed by atoms with E-state index in [0.717, 1.165) is 12.1 Å². The maximum atomic E-state index is 12.7. The fraction of sp³-hybridized carbons (Fsp3) is 0.133. The summed E-state index contributed by atoms with van der Waals surface area (Å²) in [5.74, 6) is 1.19. The van der Waals surface area contributed by atoms with Crippen LogP contribution in [0.3, 0.4) is 0 Å². The van der Waals surface area contributed by atoms with Crippen molar-refractivity contribution in [3.63, 3.8) is 0 Å². The second-order valence-electron chi connectivity index (χ2n) is 4.53. The summed E-state index contributed by atoms with van der Waals surface area (Å²) in [5, 5.41) is 0.144. The highest BCUT2D eigenvalue weighted by atomic mass is 35.5. The van der Waals surface area contributed by atoms with E-state index < -0.39 is 11.7 Å². The number of nitrogens with zero attached hydrogens (tertiary/aromatic N) is 1. The summed E-state index contributed by atoms with van der Waals surface area (Å²) in [6, 6.07) is 8.12. The second kappa shape index (κ2) is 5.53. The average molecular weight is 328 g/mol. The zero-order chi connectivity index (χ0) is 15.7. The summed E-state index contributed by atoms with van der Waals surface area (Å²) in [4.78, 5) is 4.02. The van der Waals surface area contributed by atoms with Crippen molar-refractivity contribution < 1.29 is 22.6 Å². The molecule has 0 unspecified atom stereocenters. The molecule has 0 aliphatic carbocycles. The Balaban J connectivity index is 1.89. The monoisotopic (exact) mass is 327 g/mol.